The summed E-state index contributed by atoms with van der Waals surface area (Å²) in [5, 5.41) is 6.11. The fourth-order valence-corrected chi connectivity index (χ4v) is 5.78. The van der Waals surface area contributed by atoms with Crippen molar-refractivity contribution >= 4 is 29.2 Å². The third kappa shape index (κ3) is 5.89. The number of nitrogens with one attached hydrogen (secondary N) is 2. The second-order valence-electron chi connectivity index (χ2n) is 11.3. The molecule has 2 aliphatic rings. The Bertz CT molecular complexity index is 1150. The summed E-state index contributed by atoms with van der Waals surface area (Å²) < 4.78 is 0. The van der Waals surface area contributed by atoms with Crippen molar-refractivity contribution in [1.82, 2.24) is 15.1 Å². The number of anilines is 2. The number of para-hydroxylation sites is 2. The van der Waals surface area contributed by atoms with Crippen LogP contribution >= 0.6 is 0 Å². The Labute approximate surface area is 232 Å². The average Bonchev–Trinajstić information content (AvgIpc) is 3.18. The first-order valence-electron chi connectivity index (χ1n) is 14.3. The zero-order chi connectivity index (χ0) is 28.2. The number of benzene rings is 2. The lowest BCUT2D eigenvalue weighted by Gasteiger charge is -2.43. The second-order valence-corrected chi connectivity index (χ2v) is 11.3. The van der Waals surface area contributed by atoms with Crippen molar-refractivity contribution < 1.29 is 14.4 Å². The highest BCUT2D eigenvalue weighted by Gasteiger charge is 2.54. The molecular formula is C31H43N5O3. The molecule has 2 saturated heterocycles. The van der Waals surface area contributed by atoms with Crippen LogP contribution in [0.3, 0.4) is 0 Å². The molecule has 8 heteroatoms. The highest BCUT2D eigenvalue weighted by Crippen LogP contribution is 2.40. The second kappa shape index (κ2) is 12.1. The lowest BCUT2D eigenvalue weighted by Crippen LogP contribution is -2.58. The van der Waals surface area contributed by atoms with E-state index in [1.165, 1.54) is 0 Å². The number of urea groups is 1. The fourth-order valence-electron chi connectivity index (χ4n) is 5.78. The van der Waals surface area contributed by atoms with Crippen LogP contribution in [0.25, 0.3) is 0 Å². The van der Waals surface area contributed by atoms with Crippen LogP contribution < -0.4 is 15.5 Å². The van der Waals surface area contributed by atoms with Crippen molar-refractivity contribution in [2.45, 2.75) is 71.3 Å². The summed E-state index contributed by atoms with van der Waals surface area (Å²) in [6, 6.07) is 16.0. The number of nitrogens with zero attached hydrogens (tertiary/aromatic N) is 3. The number of hydrogen-bond donors (Lipinski definition) is 2. The minimum atomic E-state index is -0.776. The van der Waals surface area contributed by atoms with Gasteiger partial charge < -0.3 is 25.3 Å². The number of likely N-dealkylation sites (tertiary alicyclic amines) is 1. The maximum atomic E-state index is 13.9. The predicted octanol–water partition coefficient (Wildman–Crippen LogP) is 5.13. The van der Waals surface area contributed by atoms with Gasteiger partial charge in [-0.1, -0.05) is 71.0 Å². The Kier molecular flexibility index (Phi) is 8.83. The van der Waals surface area contributed by atoms with Gasteiger partial charge in [-0.05, 0) is 54.4 Å². The van der Waals surface area contributed by atoms with Gasteiger partial charge in [0.15, 0.2) is 0 Å². The van der Waals surface area contributed by atoms with Gasteiger partial charge in [0.2, 0.25) is 5.91 Å². The topological polar surface area (TPSA) is 85.0 Å². The zero-order valence-electron chi connectivity index (χ0n) is 24.0. The van der Waals surface area contributed by atoms with Gasteiger partial charge in [0.1, 0.15) is 12.1 Å². The van der Waals surface area contributed by atoms with Crippen LogP contribution in [0.15, 0.2) is 48.5 Å². The van der Waals surface area contributed by atoms with Gasteiger partial charge in [-0.15, -0.1) is 0 Å². The number of carbonyl (C=O) groups is 3. The van der Waals surface area contributed by atoms with Crippen molar-refractivity contribution in [1.29, 1.82) is 0 Å². The van der Waals surface area contributed by atoms with E-state index in [-0.39, 0.29) is 36.2 Å². The molecule has 2 aromatic carbocycles. The summed E-state index contributed by atoms with van der Waals surface area (Å²) in [5.41, 5.74) is 3.33. The Morgan fingerprint density at radius 3 is 2.10 bits per heavy atom. The van der Waals surface area contributed by atoms with Gasteiger partial charge >= 0.3 is 6.03 Å². The summed E-state index contributed by atoms with van der Waals surface area (Å²) in [6.45, 7) is 12.5. The maximum absolute atomic E-state index is 13.9. The lowest BCUT2D eigenvalue weighted by atomic mass is 9.85. The van der Waals surface area contributed by atoms with Gasteiger partial charge in [-0.2, -0.15) is 0 Å². The Morgan fingerprint density at radius 2 is 1.54 bits per heavy atom. The molecule has 0 radical (unpaired) electrons. The molecule has 2 N–H and O–H groups in total. The van der Waals surface area contributed by atoms with E-state index in [9.17, 15) is 14.4 Å². The minimum absolute atomic E-state index is 0.0368. The molecule has 0 atom stereocenters. The SMILES string of the molecule is CCCNC(=O)CN1CN(c2ccccc2)C2(CCN(C(=O)Nc3c(C(C)C)cccc3C(C)C)CC2)C1=O. The first kappa shape index (κ1) is 28.5. The van der Waals surface area contributed by atoms with Gasteiger partial charge in [0.05, 0.1) is 6.67 Å². The summed E-state index contributed by atoms with van der Waals surface area (Å²) in [5.74, 6) is 0.376. The molecule has 4 rings (SSSR count). The number of piperidine rings is 1. The standard InChI is InChI=1S/C31H43N5O3/c1-6-17-32-27(37)20-35-21-36(24-11-8-7-9-12-24)31(29(35)38)15-18-34(19-16-31)30(39)33-28-25(22(2)3)13-10-14-26(28)23(4)5/h7-14,22-23H,6,15-21H2,1-5H3,(H,32,37)(H,33,39). The number of hydrogen-bond acceptors (Lipinski definition) is 4. The van der Waals surface area contributed by atoms with Crippen LogP contribution in [-0.4, -0.2) is 66.0 Å². The summed E-state index contributed by atoms with van der Waals surface area (Å²) in [6.07, 6.45) is 1.85. The van der Waals surface area contributed by atoms with Gasteiger partial charge in [0.25, 0.3) is 5.91 Å². The van der Waals surface area contributed by atoms with Crippen molar-refractivity contribution in [3.05, 3.63) is 59.7 Å². The van der Waals surface area contributed by atoms with Crippen LogP contribution in [0.1, 0.15) is 76.8 Å². The van der Waals surface area contributed by atoms with Crippen LogP contribution in [-0.2, 0) is 9.59 Å². The minimum Gasteiger partial charge on any atom is -0.355 e. The van der Waals surface area contributed by atoms with Crippen LogP contribution in [0.2, 0.25) is 0 Å². The zero-order valence-corrected chi connectivity index (χ0v) is 24.0. The third-order valence-corrected chi connectivity index (χ3v) is 7.97. The molecule has 0 saturated carbocycles. The molecule has 2 aromatic rings. The Morgan fingerprint density at radius 1 is 0.923 bits per heavy atom. The molecule has 0 unspecified atom stereocenters. The highest BCUT2D eigenvalue weighted by atomic mass is 16.2. The number of rotatable bonds is 8. The van der Waals surface area contributed by atoms with E-state index in [4.69, 9.17) is 0 Å². The Balaban J connectivity index is 1.53. The van der Waals surface area contributed by atoms with Crippen LogP contribution in [0.4, 0.5) is 16.2 Å². The summed E-state index contributed by atoms with van der Waals surface area (Å²) in [4.78, 5) is 45.5. The van der Waals surface area contributed by atoms with E-state index >= 15 is 0 Å². The number of carbonyl (C=O) groups excluding carboxylic acids is 3. The first-order chi connectivity index (χ1) is 18.7. The first-order valence-corrected chi connectivity index (χ1v) is 14.3. The van der Waals surface area contributed by atoms with Crippen LogP contribution in [0, 0.1) is 0 Å². The molecule has 0 aliphatic carbocycles. The lowest BCUT2D eigenvalue weighted by molar-refractivity contribution is -0.137. The van der Waals surface area contributed by atoms with Crippen molar-refractivity contribution in [3.8, 4) is 0 Å². The molecule has 2 fully saturated rings. The number of amides is 4. The van der Waals surface area contributed by atoms with Crippen molar-refractivity contribution in [2.75, 3.05) is 43.1 Å². The van der Waals surface area contributed by atoms with E-state index in [1.54, 1.807) is 4.90 Å². The van der Waals surface area contributed by atoms with Gasteiger partial charge in [-0.3, -0.25) is 9.59 Å². The molecule has 0 aromatic heterocycles. The average molecular weight is 534 g/mol. The predicted molar refractivity (Wildman–Crippen MR) is 156 cm³/mol. The van der Waals surface area contributed by atoms with Crippen LogP contribution in [0.5, 0.6) is 0 Å². The van der Waals surface area contributed by atoms with E-state index in [0.29, 0.717) is 39.1 Å². The van der Waals surface area contributed by atoms with Gasteiger partial charge in [-0.25, -0.2) is 4.79 Å². The highest BCUT2D eigenvalue weighted by molar-refractivity contribution is 5.97. The largest absolute Gasteiger partial charge is 0.355 e. The monoisotopic (exact) mass is 533 g/mol. The summed E-state index contributed by atoms with van der Waals surface area (Å²) in [7, 11) is 0. The molecule has 4 amide bonds. The van der Waals surface area contributed by atoms with E-state index in [0.717, 1.165) is 28.9 Å². The molecule has 0 bridgehead atoms. The molecular weight excluding hydrogens is 490 g/mol. The molecule has 2 heterocycles. The van der Waals surface area contributed by atoms with E-state index in [1.807, 2.05) is 42.2 Å². The van der Waals surface area contributed by atoms with E-state index in [2.05, 4.69) is 61.4 Å². The smallest absolute Gasteiger partial charge is 0.321 e. The molecule has 2 aliphatic heterocycles. The molecule has 8 nitrogen and oxygen atoms in total. The third-order valence-electron chi connectivity index (χ3n) is 7.97. The summed E-state index contributed by atoms with van der Waals surface area (Å²) >= 11 is 0. The van der Waals surface area contributed by atoms with Gasteiger partial charge in [0, 0.05) is 31.0 Å². The molecule has 39 heavy (non-hydrogen) atoms. The quantitative estimate of drug-likeness (QED) is 0.493. The molecule has 1 spiro atoms. The Hall–Kier alpha value is -3.55. The molecule has 210 valence electrons. The van der Waals surface area contributed by atoms with Crippen molar-refractivity contribution in [3.63, 3.8) is 0 Å². The normalized spacial score (nSPS) is 16.9. The fraction of sp³-hybridized carbons (Fsp3) is 0.516. The van der Waals surface area contributed by atoms with Crippen molar-refractivity contribution in [2.24, 2.45) is 0 Å². The van der Waals surface area contributed by atoms with E-state index < -0.39 is 5.54 Å². The maximum Gasteiger partial charge on any atom is 0.321 e.